The highest BCUT2D eigenvalue weighted by Gasteiger charge is 2.42. The molecule has 1 aromatic rings. The molecule has 8 heteroatoms. The number of hydrogen-bond donors (Lipinski definition) is 0. The first-order valence-corrected chi connectivity index (χ1v) is 5.93. The number of nitrogens with zero attached hydrogens (tertiary/aromatic N) is 4. The number of esters is 1. The first-order valence-electron chi connectivity index (χ1n) is 4.47. The fourth-order valence-electron chi connectivity index (χ4n) is 1.25. The van der Waals surface area contributed by atoms with Gasteiger partial charge in [0.05, 0.1) is 7.11 Å². The molecule has 0 bridgehead atoms. The topological polar surface area (TPSA) is 76.8 Å². The molecule has 17 heavy (non-hydrogen) atoms. The number of alkyl halides is 2. The molecule has 0 saturated heterocycles. The molecule has 0 amide bonds. The Bertz CT molecular complexity index is 515. The molecule has 1 aliphatic rings. The zero-order valence-corrected chi connectivity index (χ0v) is 11.5. The van der Waals surface area contributed by atoms with Gasteiger partial charge >= 0.3 is 5.97 Å². The molecule has 1 atom stereocenters. The number of rotatable bonds is 2. The van der Waals surface area contributed by atoms with Gasteiger partial charge < -0.3 is 4.74 Å². The van der Waals surface area contributed by atoms with Crippen LogP contribution in [0.3, 0.4) is 0 Å². The van der Waals surface area contributed by atoms with Crippen molar-refractivity contribution in [3.63, 3.8) is 0 Å². The van der Waals surface area contributed by atoms with Crippen LogP contribution < -0.4 is 0 Å². The normalized spacial score (nSPS) is 23.0. The van der Waals surface area contributed by atoms with Crippen molar-refractivity contribution < 1.29 is 9.53 Å². The van der Waals surface area contributed by atoms with Crippen LogP contribution in [-0.4, -0.2) is 26.1 Å². The van der Waals surface area contributed by atoms with E-state index >= 15 is 0 Å². The molecule has 0 aromatic carbocycles. The van der Waals surface area contributed by atoms with E-state index in [4.69, 9.17) is 11.6 Å². The van der Waals surface area contributed by atoms with Crippen LogP contribution in [0.1, 0.15) is 5.82 Å². The number of carbonyl (C=O) groups excluding carboxylic acids is 1. The maximum atomic E-state index is 11.7. The summed E-state index contributed by atoms with van der Waals surface area (Å²) in [5, 5.41) is 7.65. The molecule has 1 aromatic heterocycles. The van der Waals surface area contributed by atoms with Gasteiger partial charge in [-0.1, -0.05) is 11.6 Å². The molecule has 0 N–H and O–H groups in total. The van der Waals surface area contributed by atoms with Crippen molar-refractivity contribution >= 4 is 45.9 Å². The molecule has 0 spiro atoms. The minimum absolute atomic E-state index is 0.133. The number of hydrogen-bond acceptors (Lipinski definition) is 6. The lowest BCUT2D eigenvalue weighted by molar-refractivity contribution is -0.136. The van der Waals surface area contributed by atoms with E-state index in [1.165, 1.54) is 7.11 Å². The minimum atomic E-state index is -1.26. The molecule has 0 radical (unpaired) electrons. The van der Waals surface area contributed by atoms with Gasteiger partial charge in [0, 0.05) is 12.4 Å². The number of methoxy groups -OCH3 is 1. The maximum absolute atomic E-state index is 11.7. The van der Waals surface area contributed by atoms with Crippen molar-refractivity contribution in [1.29, 1.82) is 0 Å². The van der Waals surface area contributed by atoms with Crippen molar-refractivity contribution in [3.8, 4) is 0 Å². The second kappa shape index (κ2) is 4.65. The van der Waals surface area contributed by atoms with Gasteiger partial charge in [-0.3, -0.25) is 0 Å². The Hall–Kier alpha value is -1.09. The van der Waals surface area contributed by atoms with Crippen LogP contribution in [0.4, 0.5) is 0 Å². The van der Waals surface area contributed by atoms with E-state index in [1.54, 1.807) is 41.1 Å². The molecule has 6 nitrogen and oxygen atoms in total. The third-order valence-corrected chi connectivity index (χ3v) is 3.00. The van der Waals surface area contributed by atoms with Crippen molar-refractivity contribution in [2.45, 2.75) is 3.00 Å². The lowest BCUT2D eigenvalue weighted by atomic mass is 10.2. The predicted octanol–water partition coefficient (Wildman–Crippen LogP) is 2.15. The van der Waals surface area contributed by atoms with Crippen molar-refractivity contribution in [1.82, 2.24) is 9.97 Å². The van der Waals surface area contributed by atoms with Gasteiger partial charge in [-0.2, -0.15) is 0 Å². The fourth-order valence-corrected chi connectivity index (χ4v) is 2.04. The Balaban J connectivity index is 2.56. The van der Waals surface area contributed by atoms with Crippen LogP contribution in [0, 0.1) is 0 Å². The Morgan fingerprint density at radius 2 is 2.12 bits per heavy atom. The number of azo groups is 1. The van der Waals surface area contributed by atoms with E-state index in [0.29, 0.717) is 0 Å². The van der Waals surface area contributed by atoms with E-state index in [0.717, 1.165) is 0 Å². The average Bonchev–Trinajstić information content (AvgIpc) is 2.65. The molecule has 0 fully saturated rings. The summed E-state index contributed by atoms with van der Waals surface area (Å²) in [5.41, 5.74) is 0.371. The van der Waals surface area contributed by atoms with Gasteiger partial charge in [0.15, 0.2) is 5.82 Å². The number of ether oxygens (including phenoxy) is 1. The number of aromatic nitrogens is 2. The smallest absolute Gasteiger partial charge is 0.340 e. The zero-order valence-electron chi connectivity index (χ0n) is 8.59. The van der Waals surface area contributed by atoms with Crippen molar-refractivity contribution in [2.75, 3.05) is 7.11 Å². The van der Waals surface area contributed by atoms with Gasteiger partial charge in [-0.05, 0) is 28.7 Å². The van der Waals surface area contributed by atoms with Crippen LogP contribution in [0.2, 0.25) is 0 Å². The standard InChI is InChI=1S/C9H6ClIN4O2/c1-17-8(16)5-6(14-15-9(5,10)11)7-12-3-2-4-13-7/h2-4H,1H3. The van der Waals surface area contributed by atoms with E-state index in [-0.39, 0.29) is 17.1 Å². The Morgan fingerprint density at radius 3 is 2.71 bits per heavy atom. The summed E-state index contributed by atoms with van der Waals surface area (Å²) in [7, 11) is 1.26. The van der Waals surface area contributed by atoms with Crippen molar-refractivity contribution in [2.24, 2.45) is 10.2 Å². The SMILES string of the molecule is COC(=O)C1=C(c2ncccn2)N=NC1(Cl)I. The zero-order chi connectivity index (χ0) is 12.5. The predicted molar refractivity (Wildman–Crippen MR) is 68.4 cm³/mol. The van der Waals surface area contributed by atoms with E-state index in [2.05, 4.69) is 24.9 Å². The highest BCUT2D eigenvalue weighted by Crippen LogP contribution is 2.44. The molecule has 88 valence electrons. The van der Waals surface area contributed by atoms with Gasteiger partial charge in [0.25, 0.3) is 0 Å². The third-order valence-electron chi connectivity index (χ3n) is 1.98. The molecule has 1 unspecified atom stereocenters. The first-order chi connectivity index (χ1) is 8.06. The third kappa shape index (κ3) is 2.29. The highest BCUT2D eigenvalue weighted by molar-refractivity contribution is 14.1. The maximum Gasteiger partial charge on any atom is 0.340 e. The molecular formula is C9H6ClIN4O2. The Labute approximate surface area is 115 Å². The largest absolute Gasteiger partial charge is 0.465 e. The van der Waals surface area contributed by atoms with Gasteiger partial charge in [0.2, 0.25) is 3.00 Å². The molecule has 0 aliphatic carbocycles. The summed E-state index contributed by atoms with van der Waals surface area (Å²) in [6.07, 6.45) is 3.09. The monoisotopic (exact) mass is 364 g/mol. The lowest BCUT2D eigenvalue weighted by Gasteiger charge is -2.11. The van der Waals surface area contributed by atoms with Crippen LogP contribution in [0.25, 0.3) is 5.70 Å². The van der Waals surface area contributed by atoms with E-state index < -0.39 is 8.97 Å². The van der Waals surface area contributed by atoms with Crippen LogP contribution >= 0.6 is 34.2 Å². The Morgan fingerprint density at radius 1 is 1.47 bits per heavy atom. The van der Waals surface area contributed by atoms with Gasteiger partial charge in [0.1, 0.15) is 11.3 Å². The molecular weight excluding hydrogens is 358 g/mol. The summed E-state index contributed by atoms with van der Waals surface area (Å²) >= 11 is 7.86. The summed E-state index contributed by atoms with van der Waals surface area (Å²) < 4.78 is 3.40. The minimum Gasteiger partial charge on any atom is -0.465 e. The second-order valence-electron chi connectivity index (χ2n) is 3.03. The summed E-state index contributed by atoms with van der Waals surface area (Å²) in [4.78, 5) is 19.7. The van der Waals surface area contributed by atoms with Gasteiger partial charge in [-0.15, -0.1) is 10.2 Å². The average molecular weight is 365 g/mol. The quantitative estimate of drug-likeness (QED) is 0.349. The first kappa shape index (κ1) is 12.4. The molecule has 2 rings (SSSR count). The van der Waals surface area contributed by atoms with E-state index in [9.17, 15) is 4.79 Å². The van der Waals surface area contributed by atoms with E-state index in [1.807, 2.05) is 0 Å². The van der Waals surface area contributed by atoms with Crippen LogP contribution in [-0.2, 0) is 9.53 Å². The molecule has 0 saturated carbocycles. The van der Waals surface area contributed by atoms with Crippen molar-refractivity contribution in [3.05, 3.63) is 29.9 Å². The lowest BCUT2D eigenvalue weighted by Crippen LogP contribution is -2.19. The second-order valence-corrected chi connectivity index (χ2v) is 5.77. The summed E-state index contributed by atoms with van der Waals surface area (Å²) in [5.74, 6) is -0.308. The highest BCUT2D eigenvalue weighted by atomic mass is 127. The van der Waals surface area contributed by atoms with Crippen LogP contribution in [0.15, 0.2) is 34.3 Å². The molecule has 1 aliphatic heterocycles. The fraction of sp³-hybridized carbons (Fsp3) is 0.222. The van der Waals surface area contributed by atoms with Crippen LogP contribution in [0.5, 0.6) is 0 Å². The number of carbonyl (C=O) groups is 1. The molecule has 2 heterocycles. The Kier molecular flexibility index (Phi) is 3.38. The number of halogens is 2. The summed E-state index contributed by atoms with van der Waals surface area (Å²) in [6.45, 7) is 0. The summed E-state index contributed by atoms with van der Waals surface area (Å²) in [6, 6.07) is 1.66. The van der Waals surface area contributed by atoms with Gasteiger partial charge in [-0.25, -0.2) is 14.8 Å².